The van der Waals surface area contributed by atoms with Crippen LogP contribution in [0.3, 0.4) is 0 Å². The second-order valence-corrected chi connectivity index (χ2v) is 7.19. The molecule has 4 atom stereocenters. The molecule has 132 valence electrons. The molecule has 2 aromatic rings. The molecule has 2 aliphatic heterocycles. The number of pyridine rings is 1. The van der Waals surface area contributed by atoms with E-state index < -0.39 is 0 Å². The molecule has 0 saturated carbocycles. The predicted octanol–water partition coefficient (Wildman–Crippen LogP) is 4.35. The number of hydroxylamine groups is 2. The molecular formula is C18H18Cl2N2O3. The Hall–Kier alpha value is -1.37. The second kappa shape index (κ2) is 6.74. The van der Waals surface area contributed by atoms with Crippen molar-refractivity contribution in [2.45, 2.75) is 31.5 Å². The Morgan fingerprint density at radius 3 is 2.72 bits per heavy atom. The molecule has 3 heterocycles. The van der Waals surface area contributed by atoms with Gasteiger partial charge < -0.3 is 14.7 Å². The van der Waals surface area contributed by atoms with E-state index in [4.69, 9.17) is 32.7 Å². The summed E-state index contributed by atoms with van der Waals surface area (Å²) in [5, 5.41) is 12.5. The third-order valence-corrected chi connectivity index (χ3v) is 5.40. The lowest BCUT2D eigenvalue weighted by Gasteiger charge is -2.12. The molecule has 7 heteroatoms. The molecule has 2 saturated heterocycles. The van der Waals surface area contributed by atoms with Crippen LogP contribution in [0.4, 0.5) is 0 Å². The zero-order chi connectivity index (χ0) is 17.6. The summed E-state index contributed by atoms with van der Waals surface area (Å²) < 4.78 is 11.1. The molecule has 4 rings (SSSR count). The largest absolute Gasteiger partial charge is 0.472 e. The summed E-state index contributed by atoms with van der Waals surface area (Å²) in [7, 11) is 0. The molecule has 2 fully saturated rings. The lowest BCUT2D eigenvalue weighted by atomic mass is 10.0. The number of nitrogens with zero attached hydrogens (tertiary/aromatic N) is 2. The van der Waals surface area contributed by atoms with Crippen molar-refractivity contribution >= 4 is 23.2 Å². The van der Waals surface area contributed by atoms with Gasteiger partial charge >= 0.3 is 0 Å². The lowest BCUT2D eigenvalue weighted by molar-refractivity contribution is 0.00454. The van der Waals surface area contributed by atoms with Gasteiger partial charge in [0, 0.05) is 18.2 Å². The molecule has 1 N–H and O–H groups in total. The molecule has 2 unspecified atom stereocenters. The number of halogens is 2. The molecule has 2 aliphatic rings. The summed E-state index contributed by atoms with van der Waals surface area (Å²) in [4.78, 5) is 4.53. The van der Waals surface area contributed by atoms with E-state index in [-0.39, 0.29) is 18.2 Å². The zero-order valence-corrected chi connectivity index (χ0v) is 15.2. The van der Waals surface area contributed by atoms with Gasteiger partial charge in [-0.25, -0.2) is 4.98 Å². The van der Waals surface area contributed by atoms with E-state index in [9.17, 15) is 5.21 Å². The summed E-state index contributed by atoms with van der Waals surface area (Å²) in [6, 6.07) is 8.92. The van der Waals surface area contributed by atoms with Crippen LogP contribution < -0.4 is 4.74 Å². The van der Waals surface area contributed by atoms with E-state index in [0.29, 0.717) is 22.5 Å². The first kappa shape index (κ1) is 17.1. The zero-order valence-electron chi connectivity index (χ0n) is 13.7. The van der Waals surface area contributed by atoms with Crippen molar-refractivity contribution in [1.82, 2.24) is 10.0 Å². The standard InChI is InChI=1S/C18H18Cl2N2O3/c1-10-13(3-5-16(21-10)25-12-6-7-24-9-12)18-17(22(18)23)11-2-4-14(19)15(20)8-11/h2-5,8,12,17-18,23H,6-7,9H2,1H3/t12?,17-,18+,22?/m0/s1. The van der Waals surface area contributed by atoms with E-state index in [2.05, 4.69) is 4.98 Å². The molecule has 0 aliphatic carbocycles. The third kappa shape index (κ3) is 3.35. The molecule has 0 spiro atoms. The van der Waals surface area contributed by atoms with Gasteiger partial charge in [-0.05, 0) is 30.2 Å². The van der Waals surface area contributed by atoms with E-state index >= 15 is 0 Å². The fraction of sp³-hybridized carbons (Fsp3) is 0.389. The van der Waals surface area contributed by atoms with Gasteiger partial charge in [-0.15, -0.1) is 0 Å². The predicted molar refractivity (Wildman–Crippen MR) is 94.4 cm³/mol. The minimum absolute atomic E-state index is 0.0666. The van der Waals surface area contributed by atoms with Crippen LogP contribution >= 0.6 is 23.2 Å². The maximum atomic E-state index is 10.3. The topological polar surface area (TPSA) is 54.6 Å². The number of benzene rings is 1. The number of rotatable bonds is 4. The van der Waals surface area contributed by atoms with Crippen LogP contribution in [0.2, 0.25) is 10.0 Å². The summed E-state index contributed by atoms with van der Waals surface area (Å²) >= 11 is 12.1. The van der Waals surface area contributed by atoms with E-state index in [1.165, 1.54) is 5.06 Å². The molecule has 0 amide bonds. The Balaban J connectivity index is 1.52. The minimum atomic E-state index is -0.148. The highest BCUT2D eigenvalue weighted by molar-refractivity contribution is 6.42. The Morgan fingerprint density at radius 2 is 2.04 bits per heavy atom. The molecular weight excluding hydrogens is 363 g/mol. The Labute approximate surface area is 156 Å². The van der Waals surface area contributed by atoms with Gasteiger partial charge in [-0.1, -0.05) is 35.3 Å². The van der Waals surface area contributed by atoms with Crippen LogP contribution in [-0.2, 0) is 4.74 Å². The average molecular weight is 381 g/mol. The molecule has 1 aromatic carbocycles. The maximum Gasteiger partial charge on any atom is 0.213 e. The normalized spacial score (nSPS) is 28.2. The number of hydrogen-bond acceptors (Lipinski definition) is 5. The van der Waals surface area contributed by atoms with Crippen molar-refractivity contribution in [2.24, 2.45) is 0 Å². The van der Waals surface area contributed by atoms with E-state index in [1.807, 2.05) is 25.1 Å². The fourth-order valence-electron chi connectivity index (χ4n) is 3.27. The van der Waals surface area contributed by atoms with Crippen molar-refractivity contribution < 1.29 is 14.7 Å². The van der Waals surface area contributed by atoms with Crippen LogP contribution in [0.1, 0.15) is 35.3 Å². The molecule has 1 aromatic heterocycles. The van der Waals surface area contributed by atoms with Crippen molar-refractivity contribution in [3.63, 3.8) is 0 Å². The lowest BCUT2D eigenvalue weighted by Crippen LogP contribution is -2.16. The fourth-order valence-corrected chi connectivity index (χ4v) is 3.57. The van der Waals surface area contributed by atoms with Gasteiger partial charge in [0.2, 0.25) is 5.88 Å². The highest BCUT2D eigenvalue weighted by Crippen LogP contribution is 2.54. The SMILES string of the molecule is Cc1nc(OC2CCOC2)ccc1[C@@H]1[C@H](c2ccc(Cl)c(Cl)c2)N1O. The van der Waals surface area contributed by atoms with E-state index in [1.54, 1.807) is 12.1 Å². The molecule has 5 nitrogen and oxygen atoms in total. The van der Waals surface area contributed by atoms with Gasteiger partial charge in [-0.3, -0.25) is 0 Å². The number of aromatic nitrogens is 1. The summed E-state index contributed by atoms with van der Waals surface area (Å²) in [5.74, 6) is 0.591. The number of aryl methyl sites for hydroxylation is 1. The van der Waals surface area contributed by atoms with Crippen LogP contribution in [-0.4, -0.2) is 34.6 Å². The summed E-state index contributed by atoms with van der Waals surface area (Å²) in [6.45, 7) is 3.26. The Bertz CT molecular complexity index is 796. The van der Waals surface area contributed by atoms with Gasteiger partial charge in [0.1, 0.15) is 6.10 Å². The number of ether oxygens (including phenoxy) is 2. The highest BCUT2D eigenvalue weighted by Gasteiger charge is 2.50. The van der Waals surface area contributed by atoms with Gasteiger partial charge in [-0.2, -0.15) is 5.06 Å². The highest BCUT2D eigenvalue weighted by atomic mass is 35.5. The molecule has 0 bridgehead atoms. The van der Waals surface area contributed by atoms with Crippen LogP contribution in [0.15, 0.2) is 30.3 Å². The van der Waals surface area contributed by atoms with Crippen molar-refractivity contribution in [1.29, 1.82) is 0 Å². The third-order valence-electron chi connectivity index (χ3n) is 4.66. The van der Waals surface area contributed by atoms with Crippen LogP contribution in [0.25, 0.3) is 0 Å². The van der Waals surface area contributed by atoms with Crippen LogP contribution in [0, 0.1) is 6.92 Å². The first-order chi connectivity index (χ1) is 12.0. The Morgan fingerprint density at radius 1 is 1.20 bits per heavy atom. The van der Waals surface area contributed by atoms with Gasteiger partial charge in [0.05, 0.1) is 35.3 Å². The molecule has 25 heavy (non-hydrogen) atoms. The Kier molecular flexibility index (Phi) is 4.60. The summed E-state index contributed by atoms with van der Waals surface area (Å²) in [5.41, 5.74) is 2.72. The smallest absolute Gasteiger partial charge is 0.213 e. The first-order valence-electron chi connectivity index (χ1n) is 8.18. The van der Waals surface area contributed by atoms with Crippen molar-refractivity contribution in [2.75, 3.05) is 13.2 Å². The first-order valence-corrected chi connectivity index (χ1v) is 8.94. The second-order valence-electron chi connectivity index (χ2n) is 6.37. The van der Waals surface area contributed by atoms with Gasteiger partial charge in [0.25, 0.3) is 0 Å². The number of hydrogen-bond donors (Lipinski definition) is 1. The van der Waals surface area contributed by atoms with Crippen molar-refractivity contribution in [3.05, 3.63) is 57.2 Å². The minimum Gasteiger partial charge on any atom is -0.472 e. The summed E-state index contributed by atoms with van der Waals surface area (Å²) in [6.07, 6.45) is 0.950. The van der Waals surface area contributed by atoms with E-state index in [0.717, 1.165) is 29.8 Å². The monoisotopic (exact) mass is 380 g/mol. The molecule has 0 radical (unpaired) electrons. The van der Waals surface area contributed by atoms with Crippen molar-refractivity contribution in [3.8, 4) is 5.88 Å². The van der Waals surface area contributed by atoms with Crippen LogP contribution in [0.5, 0.6) is 5.88 Å². The quantitative estimate of drug-likeness (QED) is 0.798. The average Bonchev–Trinajstić information content (AvgIpc) is 2.99. The van der Waals surface area contributed by atoms with Gasteiger partial charge in [0.15, 0.2) is 0 Å². The maximum absolute atomic E-state index is 10.3.